The minimum atomic E-state index is -1.22. The van der Waals surface area contributed by atoms with Gasteiger partial charge in [0.2, 0.25) is 0 Å². The van der Waals surface area contributed by atoms with Crippen molar-refractivity contribution in [3.63, 3.8) is 0 Å². The van der Waals surface area contributed by atoms with Gasteiger partial charge >= 0.3 is 11.9 Å². The molecular weight excluding hydrogens is 604 g/mol. The van der Waals surface area contributed by atoms with Gasteiger partial charge in [0.25, 0.3) is 0 Å². The summed E-state index contributed by atoms with van der Waals surface area (Å²) in [5.74, 6) is -1.33. The average molecular weight is 643 g/mol. The van der Waals surface area contributed by atoms with Crippen LogP contribution in [-0.4, -0.2) is 59.3 Å². The van der Waals surface area contributed by atoms with Crippen LogP contribution in [0.1, 0.15) is 44.3 Å². The Balaban J connectivity index is 1.46. The molecule has 0 radical (unpaired) electrons. The Hall–Kier alpha value is -3.99. The Bertz CT molecular complexity index is 1520. The highest BCUT2D eigenvalue weighted by molar-refractivity contribution is 7.99. The lowest BCUT2D eigenvalue weighted by Crippen LogP contribution is -2.60. The molecule has 1 N–H and O–H groups in total. The van der Waals surface area contributed by atoms with Crippen LogP contribution in [0.25, 0.3) is 0 Å². The molecular formula is C37H38O8S. The van der Waals surface area contributed by atoms with Gasteiger partial charge in [0.15, 0.2) is 6.10 Å². The summed E-state index contributed by atoms with van der Waals surface area (Å²) >= 11 is 1.48. The third kappa shape index (κ3) is 9.05. The molecule has 0 saturated carbocycles. The topological polar surface area (TPSA) is 101 Å². The van der Waals surface area contributed by atoms with E-state index in [0.29, 0.717) is 12.4 Å². The number of carbonyl (C=O) groups excluding carboxylic acids is 1. The minimum absolute atomic E-state index is 0.0490. The molecule has 0 spiro atoms. The molecule has 1 heterocycles. The second-order valence-electron chi connectivity index (χ2n) is 10.7. The lowest BCUT2D eigenvalue weighted by Gasteiger charge is -2.45. The van der Waals surface area contributed by atoms with Crippen LogP contribution < -0.4 is 0 Å². The molecule has 0 amide bonds. The van der Waals surface area contributed by atoms with Gasteiger partial charge in [-0.3, -0.25) is 0 Å². The molecule has 1 saturated heterocycles. The zero-order valence-electron chi connectivity index (χ0n) is 25.6. The summed E-state index contributed by atoms with van der Waals surface area (Å²) in [7, 11) is 0. The zero-order chi connectivity index (χ0) is 32.1. The van der Waals surface area contributed by atoms with Crippen LogP contribution in [0.4, 0.5) is 0 Å². The molecule has 5 atom stereocenters. The number of hydrogen-bond donors (Lipinski definition) is 1. The van der Waals surface area contributed by atoms with E-state index in [1.807, 2.05) is 97.9 Å². The van der Waals surface area contributed by atoms with E-state index in [1.165, 1.54) is 23.9 Å². The van der Waals surface area contributed by atoms with Gasteiger partial charge in [-0.05, 0) is 34.6 Å². The number of thioether (sulfide) groups is 1. The lowest BCUT2D eigenvalue weighted by molar-refractivity contribution is -0.242. The molecule has 4 aromatic carbocycles. The summed E-state index contributed by atoms with van der Waals surface area (Å²) in [5, 5.41) is 9.74. The molecule has 0 unspecified atom stereocenters. The largest absolute Gasteiger partial charge is 0.478 e. The molecule has 0 aliphatic carbocycles. The van der Waals surface area contributed by atoms with Crippen molar-refractivity contribution in [3.8, 4) is 0 Å². The summed E-state index contributed by atoms with van der Waals surface area (Å²) in [6, 6.07) is 35.4. The highest BCUT2D eigenvalue weighted by Gasteiger charge is 2.50. The number of rotatable bonds is 15. The fraction of sp³-hybridized carbons (Fsp3) is 0.297. The van der Waals surface area contributed by atoms with Crippen molar-refractivity contribution in [2.24, 2.45) is 0 Å². The van der Waals surface area contributed by atoms with Crippen LogP contribution in [0, 0.1) is 0 Å². The summed E-state index contributed by atoms with van der Waals surface area (Å²) in [5.41, 5.74) is 2.10. The normalized spacial score (nSPS) is 21.0. The van der Waals surface area contributed by atoms with E-state index in [9.17, 15) is 14.7 Å². The average Bonchev–Trinajstić information content (AvgIpc) is 3.09. The van der Waals surface area contributed by atoms with Crippen molar-refractivity contribution in [3.05, 3.63) is 143 Å². The first-order valence-electron chi connectivity index (χ1n) is 15.3. The van der Waals surface area contributed by atoms with Crippen molar-refractivity contribution < 1.29 is 38.4 Å². The van der Waals surface area contributed by atoms with Crippen LogP contribution >= 0.6 is 11.8 Å². The van der Waals surface area contributed by atoms with Crippen LogP contribution in [0.15, 0.2) is 115 Å². The highest BCUT2D eigenvalue weighted by atomic mass is 32.2. The smallest absolute Gasteiger partial charge is 0.339 e. The second-order valence-corrected chi connectivity index (χ2v) is 12.1. The molecule has 240 valence electrons. The Morgan fingerprint density at radius 1 is 0.674 bits per heavy atom. The second kappa shape index (κ2) is 17.1. The number of ether oxygens (including phenoxy) is 5. The molecule has 4 aromatic rings. The zero-order valence-corrected chi connectivity index (χ0v) is 26.4. The van der Waals surface area contributed by atoms with Gasteiger partial charge in [-0.2, -0.15) is 0 Å². The fourth-order valence-electron chi connectivity index (χ4n) is 5.26. The SMILES string of the molecule is CCS[C@@H]1O[C@H](COCc2ccccc2)[C@@H](OCc2ccccc2)[C@H](OCc2ccccc2)[C@H]1OC(=O)c1ccccc1C(=O)O. The van der Waals surface area contributed by atoms with Crippen molar-refractivity contribution in [2.75, 3.05) is 12.4 Å². The van der Waals surface area contributed by atoms with Gasteiger partial charge in [0.05, 0.1) is 37.6 Å². The number of carboxylic acid groups (broad SMARTS) is 1. The van der Waals surface area contributed by atoms with Crippen molar-refractivity contribution in [2.45, 2.75) is 56.6 Å². The van der Waals surface area contributed by atoms with Crippen molar-refractivity contribution in [1.29, 1.82) is 0 Å². The van der Waals surface area contributed by atoms with Gasteiger partial charge < -0.3 is 28.8 Å². The predicted molar refractivity (Wildman–Crippen MR) is 176 cm³/mol. The van der Waals surface area contributed by atoms with Crippen molar-refractivity contribution >= 4 is 23.7 Å². The summed E-state index contributed by atoms with van der Waals surface area (Å²) in [4.78, 5) is 25.6. The Labute approximate surface area is 273 Å². The van der Waals surface area contributed by atoms with Gasteiger partial charge in [-0.25, -0.2) is 9.59 Å². The predicted octanol–water partition coefficient (Wildman–Crippen LogP) is 6.78. The van der Waals surface area contributed by atoms with Gasteiger partial charge in [-0.15, -0.1) is 11.8 Å². The van der Waals surface area contributed by atoms with Crippen molar-refractivity contribution in [1.82, 2.24) is 0 Å². The van der Waals surface area contributed by atoms with Crippen LogP contribution in [0.5, 0.6) is 0 Å². The van der Waals surface area contributed by atoms with E-state index >= 15 is 0 Å². The number of esters is 1. The lowest BCUT2D eigenvalue weighted by atomic mass is 9.98. The van der Waals surface area contributed by atoms with Gasteiger partial charge in [0, 0.05) is 0 Å². The molecule has 5 rings (SSSR count). The van der Waals surface area contributed by atoms with Gasteiger partial charge in [-0.1, -0.05) is 110 Å². The molecule has 0 aromatic heterocycles. The number of aromatic carboxylic acids is 1. The summed E-state index contributed by atoms with van der Waals surface area (Å²) < 4.78 is 32.1. The Kier molecular flexibility index (Phi) is 12.4. The van der Waals surface area contributed by atoms with Crippen LogP contribution in [-0.2, 0) is 43.5 Å². The molecule has 8 nitrogen and oxygen atoms in total. The number of hydrogen-bond acceptors (Lipinski definition) is 8. The Morgan fingerprint density at radius 2 is 1.17 bits per heavy atom. The fourth-order valence-corrected chi connectivity index (χ4v) is 6.21. The molecule has 1 aliphatic heterocycles. The first-order valence-corrected chi connectivity index (χ1v) is 16.3. The Morgan fingerprint density at radius 3 is 1.72 bits per heavy atom. The first-order chi connectivity index (χ1) is 22.5. The minimum Gasteiger partial charge on any atom is -0.478 e. The highest BCUT2D eigenvalue weighted by Crippen LogP contribution is 2.35. The summed E-state index contributed by atoms with van der Waals surface area (Å²) in [6.07, 6.45) is -2.94. The van der Waals surface area contributed by atoms with E-state index in [2.05, 4.69) is 0 Å². The molecule has 46 heavy (non-hydrogen) atoms. The monoisotopic (exact) mass is 642 g/mol. The molecule has 1 fully saturated rings. The standard InChI is InChI=1S/C37H38O8S/c1-2-46-37-34(45-36(40)30-21-13-12-20-29(30)35(38)39)33(43-24-28-18-10-5-11-19-28)32(42-23-27-16-8-4-9-17-27)31(44-37)25-41-22-26-14-6-3-7-15-26/h3-21,31-34,37H,2,22-25H2,1H3,(H,38,39)/t31-,32-,33+,34-,37+/m1/s1. The van der Waals surface area contributed by atoms with E-state index in [1.54, 1.807) is 12.1 Å². The van der Waals surface area contributed by atoms with E-state index in [4.69, 9.17) is 23.7 Å². The van der Waals surface area contributed by atoms with Crippen LogP contribution in [0.2, 0.25) is 0 Å². The molecule has 9 heteroatoms. The third-order valence-electron chi connectivity index (χ3n) is 7.51. The van der Waals surface area contributed by atoms with E-state index < -0.39 is 41.8 Å². The maximum Gasteiger partial charge on any atom is 0.339 e. The number of carbonyl (C=O) groups is 2. The number of benzene rings is 4. The van der Waals surface area contributed by atoms with E-state index in [-0.39, 0.29) is 30.9 Å². The number of carboxylic acids is 1. The quantitative estimate of drug-likeness (QED) is 0.141. The maximum atomic E-state index is 13.6. The molecule has 0 bridgehead atoms. The third-order valence-corrected chi connectivity index (χ3v) is 8.55. The van der Waals surface area contributed by atoms with Gasteiger partial charge in [0.1, 0.15) is 23.7 Å². The van der Waals surface area contributed by atoms with E-state index in [0.717, 1.165) is 16.7 Å². The maximum absolute atomic E-state index is 13.6. The first kappa shape index (κ1) is 33.4. The molecule has 1 aliphatic rings. The van der Waals surface area contributed by atoms with Crippen LogP contribution in [0.3, 0.4) is 0 Å². The summed E-state index contributed by atoms with van der Waals surface area (Å²) in [6.45, 7) is 3.09.